The Morgan fingerprint density at radius 3 is 1.74 bits per heavy atom. The van der Waals surface area contributed by atoms with E-state index in [-0.39, 0.29) is 0 Å². The average molecular weight is 313 g/mol. The highest BCUT2D eigenvalue weighted by atomic mass is 32.2. The molecule has 0 saturated heterocycles. The maximum Gasteiger partial charge on any atom is 0.141 e. The van der Waals surface area contributed by atoms with E-state index in [0.717, 1.165) is 11.3 Å². The van der Waals surface area contributed by atoms with Crippen molar-refractivity contribution in [2.75, 3.05) is 4.31 Å². The highest BCUT2D eigenvalue weighted by Gasteiger charge is 2.26. The fraction of sp³-hybridized carbons (Fsp3) is 0. The standard InChI is InChI=1S/C21H15NS/c1-4-10-17(11-5-1)20-16-22(19-14-8-3-9-15-19)23-21(20)18-12-6-2-7-13-18/h1-15H. The van der Waals surface area contributed by atoms with Crippen LogP contribution in [0.5, 0.6) is 0 Å². The van der Waals surface area contributed by atoms with Gasteiger partial charge in [0.2, 0.25) is 0 Å². The number of para-hydroxylation sites is 1. The van der Waals surface area contributed by atoms with Crippen LogP contribution in [0.1, 0.15) is 11.1 Å². The largest absolute Gasteiger partial charge is 0.296 e. The molecule has 2 radical (unpaired) electrons. The van der Waals surface area contributed by atoms with Gasteiger partial charge in [0.15, 0.2) is 0 Å². The molecule has 1 aliphatic rings. The molecule has 1 aliphatic heterocycles. The quantitative estimate of drug-likeness (QED) is 0.565. The first-order valence-electron chi connectivity index (χ1n) is 7.57. The van der Waals surface area contributed by atoms with Gasteiger partial charge in [-0.1, -0.05) is 78.9 Å². The maximum atomic E-state index is 3.55. The lowest BCUT2D eigenvalue weighted by Gasteiger charge is -2.15. The van der Waals surface area contributed by atoms with Crippen LogP contribution in [0.3, 0.4) is 0 Å². The van der Waals surface area contributed by atoms with Gasteiger partial charge in [-0.25, -0.2) is 0 Å². The van der Waals surface area contributed by atoms with E-state index in [2.05, 4.69) is 83.6 Å². The van der Waals surface area contributed by atoms with Gasteiger partial charge in [-0.15, -0.1) is 0 Å². The van der Waals surface area contributed by atoms with Crippen LogP contribution in [0.2, 0.25) is 0 Å². The molecule has 23 heavy (non-hydrogen) atoms. The molecule has 0 aliphatic carbocycles. The Balaban J connectivity index is 1.76. The summed E-state index contributed by atoms with van der Waals surface area (Å²) in [7, 11) is 0. The number of rotatable bonds is 3. The summed E-state index contributed by atoms with van der Waals surface area (Å²) in [5.41, 5.74) is 4.70. The van der Waals surface area contributed by atoms with Crippen molar-refractivity contribution < 1.29 is 0 Å². The molecule has 3 aromatic rings. The highest BCUT2D eigenvalue weighted by Crippen LogP contribution is 2.48. The van der Waals surface area contributed by atoms with Gasteiger partial charge in [0.1, 0.15) is 6.54 Å². The Kier molecular flexibility index (Phi) is 3.91. The monoisotopic (exact) mass is 313 g/mol. The molecule has 0 fully saturated rings. The molecule has 4 rings (SSSR count). The summed E-state index contributed by atoms with van der Waals surface area (Å²) in [6.45, 7) is 3.55. The van der Waals surface area contributed by atoms with Crippen LogP contribution in [-0.2, 0) is 0 Å². The summed E-state index contributed by atoms with van der Waals surface area (Å²) in [6.07, 6.45) is 0. The molecule has 0 unspecified atom stereocenters. The minimum atomic E-state index is 1.14. The third-order valence-electron chi connectivity index (χ3n) is 3.71. The van der Waals surface area contributed by atoms with Crippen molar-refractivity contribution in [2.24, 2.45) is 0 Å². The highest BCUT2D eigenvalue weighted by molar-refractivity contribution is 8.10. The van der Waals surface area contributed by atoms with Gasteiger partial charge < -0.3 is 0 Å². The van der Waals surface area contributed by atoms with Gasteiger partial charge in [-0.2, -0.15) is 0 Å². The summed E-state index contributed by atoms with van der Waals surface area (Å²) < 4.78 is 2.12. The Morgan fingerprint density at radius 2 is 1.13 bits per heavy atom. The molecule has 2 heteroatoms. The first-order valence-corrected chi connectivity index (χ1v) is 8.34. The zero-order valence-corrected chi connectivity index (χ0v) is 13.3. The Labute approximate surface area is 141 Å². The second kappa shape index (κ2) is 6.35. The van der Waals surface area contributed by atoms with Gasteiger partial charge in [-0.05, 0) is 35.2 Å². The first kappa shape index (κ1) is 14.2. The molecule has 0 aromatic heterocycles. The summed E-state index contributed by atoms with van der Waals surface area (Å²) in [5, 5.41) is 0. The van der Waals surface area contributed by atoms with Gasteiger partial charge in [0, 0.05) is 16.2 Å². The van der Waals surface area contributed by atoms with Gasteiger partial charge >= 0.3 is 0 Å². The van der Waals surface area contributed by atoms with Crippen molar-refractivity contribution in [3.05, 3.63) is 109 Å². The number of nitrogens with zero attached hydrogens (tertiary/aromatic N) is 1. The number of anilines is 1. The molecular weight excluding hydrogens is 298 g/mol. The van der Waals surface area contributed by atoms with Crippen LogP contribution in [0.4, 0.5) is 5.69 Å². The second-order valence-electron chi connectivity index (χ2n) is 5.27. The molecule has 0 spiro atoms. The second-order valence-corrected chi connectivity index (χ2v) is 6.23. The Hall–Kier alpha value is -2.45. The van der Waals surface area contributed by atoms with E-state index in [1.165, 1.54) is 16.0 Å². The Bertz CT molecular complexity index is 759. The van der Waals surface area contributed by atoms with Crippen molar-refractivity contribution in [3.63, 3.8) is 0 Å². The minimum Gasteiger partial charge on any atom is -0.296 e. The Morgan fingerprint density at radius 1 is 0.609 bits per heavy atom. The fourth-order valence-corrected chi connectivity index (χ4v) is 3.62. The minimum absolute atomic E-state index is 1.14. The molecule has 3 aromatic carbocycles. The third-order valence-corrected chi connectivity index (χ3v) is 4.82. The van der Waals surface area contributed by atoms with E-state index >= 15 is 0 Å². The first-order chi connectivity index (χ1) is 11.4. The van der Waals surface area contributed by atoms with Crippen LogP contribution in [0.25, 0.3) is 10.5 Å². The zero-order chi connectivity index (χ0) is 15.5. The van der Waals surface area contributed by atoms with Crippen molar-refractivity contribution in [1.29, 1.82) is 0 Å². The van der Waals surface area contributed by atoms with Crippen molar-refractivity contribution in [1.82, 2.24) is 0 Å². The predicted molar refractivity (Wildman–Crippen MR) is 99.5 cm³/mol. The predicted octanol–water partition coefficient (Wildman–Crippen LogP) is 5.76. The lowest BCUT2D eigenvalue weighted by molar-refractivity contribution is 1.38. The molecule has 0 saturated carbocycles. The summed E-state index contributed by atoms with van der Waals surface area (Å²) in [5.74, 6) is 0. The van der Waals surface area contributed by atoms with E-state index < -0.39 is 0 Å². The van der Waals surface area contributed by atoms with Crippen LogP contribution in [-0.4, -0.2) is 0 Å². The van der Waals surface area contributed by atoms with Crippen molar-refractivity contribution in [2.45, 2.75) is 0 Å². The molecule has 0 amide bonds. The van der Waals surface area contributed by atoms with Crippen molar-refractivity contribution in [3.8, 4) is 0 Å². The smallest absolute Gasteiger partial charge is 0.141 e. The zero-order valence-electron chi connectivity index (χ0n) is 12.5. The molecule has 0 bridgehead atoms. The van der Waals surface area contributed by atoms with Crippen molar-refractivity contribution >= 4 is 28.1 Å². The molecule has 0 atom stereocenters. The molecule has 0 N–H and O–H groups in total. The summed E-state index contributed by atoms with van der Waals surface area (Å²) in [4.78, 5) is 1.24. The van der Waals surface area contributed by atoms with Gasteiger partial charge in [0.25, 0.3) is 0 Å². The molecule has 110 valence electrons. The maximum absolute atomic E-state index is 3.55. The SMILES string of the molecule is [C]1C(c2ccccc2)=C(c2ccccc2)SN1c1ccccc1. The third kappa shape index (κ3) is 2.90. The van der Waals surface area contributed by atoms with Crippen LogP contribution >= 0.6 is 11.9 Å². The fourth-order valence-electron chi connectivity index (χ4n) is 2.58. The lowest BCUT2D eigenvalue weighted by Crippen LogP contribution is -2.05. The van der Waals surface area contributed by atoms with E-state index in [1.807, 2.05) is 18.2 Å². The molecule has 1 nitrogen and oxygen atoms in total. The number of benzene rings is 3. The summed E-state index contributed by atoms with van der Waals surface area (Å²) >= 11 is 1.72. The van der Waals surface area contributed by atoms with Gasteiger partial charge in [-0.3, -0.25) is 4.31 Å². The average Bonchev–Trinajstić information content (AvgIpc) is 3.09. The number of hydrogen-bond acceptors (Lipinski definition) is 2. The van der Waals surface area contributed by atoms with Crippen LogP contribution < -0.4 is 4.31 Å². The van der Waals surface area contributed by atoms with Crippen LogP contribution in [0, 0.1) is 6.54 Å². The van der Waals surface area contributed by atoms with E-state index in [9.17, 15) is 0 Å². The topological polar surface area (TPSA) is 3.24 Å². The van der Waals surface area contributed by atoms with E-state index in [0.29, 0.717) is 0 Å². The lowest BCUT2D eigenvalue weighted by atomic mass is 10.0. The summed E-state index contributed by atoms with van der Waals surface area (Å²) in [6, 6.07) is 31.3. The van der Waals surface area contributed by atoms with E-state index in [1.54, 1.807) is 11.9 Å². The molecular formula is C21H15NS. The molecule has 1 heterocycles. The number of hydrogen-bond donors (Lipinski definition) is 0. The normalized spacial score (nSPS) is 14.3. The van der Waals surface area contributed by atoms with E-state index in [4.69, 9.17) is 0 Å². The van der Waals surface area contributed by atoms with Crippen LogP contribution in [0.15, 0.2) is 91.0 Å². The van der Waals surface area contributed by atoms with Gasteiger partial charge in [0.05, 0.1) is 0 Å².